The van der Waals surface area contributed by atoms with Crippen molar-refractivity contribution >= 4 is 0 Å². The Morgan fingerprint density at radius 1 is 1.16 bits per heavy atom. The van der Waals surface area contributed by atoms with Crippen LogP contribution in [0.1, 0.15) is 35.6 Å². The third-order valence-electron chi connectivity index (χ3n) is 3.26. The van der Waals surface area contributed by atoms with Crippen molar-refractivity contribution in [1.29, 1.82) is 0 Å². The molecule has 3 rings (SSSR count). The molecule has 0 radical (unpaired) electrons. The van der Waals surface area contributed by atoms with Crippen LogP contribution in [0.5, 0.6) is 0 Å². The van der Waals surface area contributed by atoms with Gasteiger partial charge < -0.3 is 0 Å². The van der Waals surface area contributed by atoms with E-state index in [9.17, 15) is 13.2 Å². The summed E-state index contributed by atoms with van der Waals surface area (Å²) in [6.45, 7) is 0.462. The minimum atomic E-state index is -4.29. The van der Waals surface area contributed by atoms with Gasteiger partial charge in [-0.05, 0) is 30.5 Å². The molecule has 19 heavy (non-hydrogen) atoms. The molecule has 1 aliphatic rings. The van der Waals surface area contributed by atoms with Crippen LogP contribution in [0.3, 0.4) is 0 Å². The van der Waals surface area contributed by atoms with Crippen molar-refractivity contribution in [3.8, 4) is 0 Å². The molecule has 1 aromatic heterocycles. The molecule has 0 N–H and O–H groups in total. The van der Waals surface area contributed by atoms with Gasteiger partial charge in [-0.1, -0.05) is 17.3 Å². The first kappa shape index (κ1) is 12.2. The topological polar surface area (TPSA) is 30.7 Å². The zero-order valence-electron chi connectivity index (χ0n) is 10.1. The number of hydrogen-bond donors (Lipinski definition) is 0. The molecular weight excluding hydrogens is 255 g/mol. The van der Waals surface area contributed by atoms with Gasteiger partial charge in [0.2, 0.25) is 0 Å². The molecule has 1 aliphatic carbocycles. The molecule has 3 nitrogen and oxygen atoms in total. The van der Waals surface area contributed by atoms with Crippen LogP contribution >= 0.6 is 0 Å². The summed E-state index contributed by atoms with van der Waals surface area (Å²) >= 11 is 0. The van der Waals surface area contributed by atoms with Gasteiger partial charge in [0, 0.05) is 5.92 Å². The van der Waals surface area contributed by atoms with E-state index in [0.29, 0.717) is 12.5 Å². The molecule has 1 aromatic carbocycles. The largest absolute Gasteiger partial charge is 0.416 e. The summed E-state index contributed by atoms with van der Waals surface area (Å²) in [4.78, 5) is 0. The lowest BCUT2D eigenvalue weighted by molar-refractivity contribution is -0.137. The average molecular weight is 267 g/mol. The molecule has 1 heterocycles. The van der Waals surface area contributed by atoms with Crippen molar-refractivity contribution in [2.45, 2.75) is 31.5 Å². The fraction of sp³-hybridized carbons (Fsp3) is 0.385. The molecule has 100 valence electrons. The highest BCUT2D eigenvalue weighted by molar-refractivity contribution is 5.25. The monoisotopic (exact) mass is 267 g/mol. The number of nitrogens with zero attached hydrogens (tertiary/aromatic N) is 3. The normalized spacial score (nSPS) is 15.7. The van der Waals surface area contributed by atoms with Gasteiger partial charge in [0.05, 0.1) is 24.0 Å². The molecule has 0 atom stereocenters. The first-order chi connectivity index (χ1) is 9.04. The Balaban J connectivity index is 1.78. The van der Waals surface area contributed by atoms with E-state index in [0.717, 1.165) is 36.2 Å². The fourth-order valence-corrected chi connectivity index (χ4v) is 2.06. The zero-order chi connectivity index (χ0) is 13.5. The molecule has 0 aliphatic heterocycles. The van der Waals surface area contributed by atoms with Crippen LogP contribution in [0.15, 0.2) is 30.5 Å². The minimum absolute atomic E-state index is 0.462. The molecule has 0 amide bonds. The number of aromatic nitrogens is 3. The van der Waals surface area contributed by atoms with E-state index in [1.807, 2.05) is 0 Å². The maximum Gasteiger partial charge on any atom is 0.416 e. The summed E-state index contributed by atoms with van der Waals surface area (Å²) in [5.41, 5.74) is 1.23. The average Bonchev–Trinajstić information content (AvgIpc) is 3.10. The van der Waals surface area contributed by atoms with Crippen LogP contribution < -0.4 is 0 Å². The van der Waals surface area contributed by atoms with Crippen LogP contribution in [-0.2, 0) is 12.7 Å². The van der Waals surface area contributed by atoms with Gasteiger partial charge >= 0.3 is 6.18 Å². The molecule has 1 fully saturated rings. The number of benzene rings is 1. The first-order valence-electron chi connectivity index (χ1n) is 6.08. The number of alkyl halides is 3. The van der Waals surface area contributed by atoms with E-state index in [-0.39, 0.29) is 0 Å². The van der Waals surface area contributed by atoms with Crippen molar-refractivity contribution in [1.82, 2.24) is 15.0 Å². The molecule has 0 spiro atoms. The molecule has 0 bridgehead atoms. The predicted octanol–water partition coefficient (Wildman–Crippen LogP) is 3.22. The van der Waals surface area contributed by atoms with Crippen LogP contribution in [0.4, 0.5) is 13.2 Å². The highest BCUT2D eigenvalue weighted by Crippen LogP contribution is 2.39. The van der Waals surface area contributed by atoms with Crippen molar-refractivity contribution in [3.63, 3.8) is 0 Å². The second kappa shape index (κ2) is 4.36. The van der Waals surface area contributed by atoms with E-state index in [1.54, 1.807) is 10.9 Å². The highest BCUT2D eigenvalue weighted by atomic mass is 19.4. The van der Waals surface area contributed by atoms with Crippen molar-refractivity contribution in [2.24, 2.45) is 0 Å². The van der Waals surface area contributed by atoms with Gasteiger partial charge in [-0.3, -0.25) is 0 Å². The highest BCUT2D eigenvalue weighted by Gasteiger charge is 2.30. The Morgan fingerprint density at radius 3 is 2.42 bits per heavy atom. The van der Waals surface area contributed by atoms with E-state index in [1.165, 1.54) is 12.1 Å². The first-order valence-corrected chi connectivity index (χ1v) is 6.08. The molecule has 2 aromatic rings. The second-order valence-corrected chi connectivity index (χ2v) is 4.79. The number of hydrogen-bond acceptors (Lipinski definition) is 2. The lowest BCUT2D eigenvalue weighted by Gasteiger charge is -2.08. The summed E-state index contributed by atoms with van der Waals surface area (Å²) in [5, 5.41) is 7.86. The minimum Gasteiger partial charge on any atom is -0.245 e. The van der Waals surface area contributed by atoms with Crippen LogP contribution in [0.25, 0.3) is 0 Å². The van der Waals surface area contributed by atoms with Gasteiger partial charge in [-0.25, -0.2) is 4.68 Å². The van der Waals surface area contributed by atoms with E-state index in [2.05, 4.69) is 10.3 Å². The van der Waals surface area contributed by atoms with E-state index < -0.39 is 11.7 Å². The van der Waals surface area contributed by atoms with Crippen LogP contribution in [0.2, 0.25) is 0 Å². The lowest BCUT2D eigenvalue weighted by Crippen LogP contribution is -2.07. The van der Waals surface area contributed by atoms with E-state index in [4.69, 9.17) is 0 Å². The van der Waals surface area contributed by atoms with Crippen LogP contribution in [-0.4, -0.2) is 15.0 Å². The quantitative estimate of drug-likeness (QED) is 0.854. The Hall–Kier alpha value is -1.85. The van der Waals surface area contributed by atoms with Crippen molar-refractivity contribution < 1.29 is 13.2 Å². The molecular formula is C13H12F3N3. The smallest absolute Gasteiger partial charge is 0.245 e. The van der Waals surface area contributed by atoms with Gasteiger partial charge in [0.25, 0.3) is 0 Å². The fourth-order valence-electron chi connectivity index (χ4n) is 2.06. The summed E-state index contributed by atoms with van der Waals surface area (Å²) in [7, 11) is 0. The third kappa shape index (κ3) is 2.62. The molecule has 6 heteroatoms. The maximum absolute atomic E-state index is 12.4. The maximum atomic E-state index is 12.4. The SMILES string of the molecule is FC(F)(F)c1ccc(Cn2nncc2C2CC2)cc1. The summed E-state index contributed by atoms with van der Waals surface area (Å²) < 4.78 is 39.1. The summed E-state index contributed by atoms with van der Waals surface area (Å²) in [5.74, 6) is 0.518. The Labute approximate surface area is 108 Å². The summed E-state index contributed by atoms with van der Waals surface area (Å²) in [6.07, 6.45) is -0.270. The third-order valence-corrected chi connectivity index (χ3v) is 3.26. The van der Waals surface area contributed by atoms with Gasteiger partial charge in [0.1, 0.15) is 0 Å². The summed E-state index contributed by atoms with van der Waals surface area (Å²) in [6, 6.07) is 5.18. The van der Waals surface area contributed by atoms with Gasteiger partial charge in [0.15, 0.2) is 0 Å². The second-order valence-electron chi connectivity index (χ2n) is 4.79. The Morgan fingerprint density at radius 2 is 1.84 bits per heavy atom. The van der Waals surface area contributed by atoms with Gasteiger partial charge in [-0.2, -0.15) is 13.2 Å². The van der Waals surface area contributed by atoms with Crippen molar-refractivity contribution in [2.75, 3.05) is 0 Å². The molecule has 1 saturated carbocycles. The Kier molecular flexibility index (Phi) is 2.80. The van der Waals surface area contributed by atoms with Crippen LogP contribution in [0, 0.1) is 0 Å². The predicted molar refractivity (Wildman–Crippen MR) is 62.5 cm³/mol. The van der Waals surface area contributed by atoms with Gasteiger partial charge in [-0.15, -0.1) is 5.10 Å². The lowest BCUT2D eigenvalue weighted by atomic mass is 10.1. The molecule has 0 saturated heterocycles. The zero-order valence-corrected chi connectivity index (χ0v) is 10.1. The molecule has 0 unspecified atom stereocenters. The Bertz CT molecular complexity index is 568. The standard InChI is InChI=1S/C13H12F3N3/c14-13(15,16)11-5-1-9(2-6-11)8-19-12(7-17-18-19)10-3-4-10/h1-2,5-7,10H,3-4,8H2. The number of halogens is 3. The number of rotatable bonds is 3. The van der Waals surface area contributed by atoms with E-state index >= 15 is 0 Å². The van der Waals surface area contributed by atoms with Crippen molar-refractivity contribution in [3.05, 3.63) is 47.3 Å².